The molecule has 1 aromatic rings. The van der Waals surface area contributed by atoms with Gasteiger partial charge in [-0.2, -0.15) is 0 Å². The maximum Gasteiger partial charge on any atom is 0.0205 e. The average molecular weight is 178 g/mol. The van der Waals surface area contributed by atoms with Crippen LogP contribution >= 0.6 is 0 Å². The highest BCUT2D eigenvalue weighted by Gasteiger charge is 1.97. The second kappa shape index (κ2) is 5.73. The van der Waals surface area contributed by atoms with E-state index >= 15 is 0 Å². The Bertz CT molecular complexity index is 221. The summed E-state index contributed by atoms with van der Waals surface area (Å²) >= 11 is 0. The second-order valence-corrected chi connectivity index (χ2v) is 3.46. The Labute approximate surface area is 80.1 Å². The van der Waals surface area contributed by atoms with Crippen LogP contribution in [0.3, 0.4) is 0 Å². The molecule has 0 aliphatic rings. The van der Waals surface area contributed by atoms with Crippen LogP contribution in [0.25, 0.3) is 0 Å². The summed E-state index contributed by atoms with van der Waals surface area (Å²) in [6.07, 6.45) is 0. The van der Waals surface area contributed by atoms with Crippen LogP contribution in [0.2, 0.25) is 0 Å². The first-order valence-corrected chi connectivity index (χ1v) is 4.77. The molecule has 0 spiro atoms. The summed E-state index contributed by atoms with van der Waals surface area (Å²) in [5.41, 5.74) is 6.84. The number of benzene rings is 1. The van der Waals surface area contributed by atoms with Crippen LogP contribution in [0.15, 0.2) is 30.3 Å². The van der Waals surface area contributed by atoms with E-state index in [2.05, 4.69) is 36.5 Å². The lowest BCUT2D eigenvalue weighted by Gasteiger charge is -2.09. The molecule has 13 heavy (non-hydrogen) atoms. The molecule has 0 unspecified atom stereocenters. The standard InChI is InChI=1S/C11H18N2/c1-10(7-12)8-13-9-11-5-3-2-4-6-11/h2-6,10,13H,7-9,12H2,1H3/t10-/m0/s1. The number of hydrogen-bond donors (Lipinski definition) is 2. The van der Waals surface area contributed by atoms with E-state index in [9.17, 15) is 0 Å². The van der Waals surface area contributed by atoms with Gasteiger partial charge in [0.15, 0.2) is 0 Å². The molecular formula is C11H18N2. The normalized spacial score (nSPS) is 12.8. The predicted octanol–water partition coefficient (Wildman–Crippen LogP) is 1.37. The Morgan fingerprint density at radius 2 is 2.00 bits per heavy atom. The van der Waals surface area contributed by atoms with Gasteiger partial charge in [0.1, 0.15) is 0 Å². The van der Waals surface area contributed by atoms with Crippen LogP contribution in [0.1, 0.15) is 12.5 Å². The van der Waals surface area contributed by atoms with Gasteiger partial charge in [0, 0.05) is 6.54 Å². The van der Waals surface area contributed by atoms with Crippen molar-refractivity contribution in [1.82, 2.24) is 5.32 Å². The molecule has 0 radical (unpaired) electrons. The van der Waals surface area contributed by atoms with Crippen LogP contribution in [-0.4, -0.2) is 13.1 Å². The summed E-state index contributed by atoms with van der Waals surface area (Å²) in [6, 6.07) is 10.4. The van der Waals surface area contributed by atoms with E-state index in [0.717, 1.165) is 19.6 Å². The van der Waals surface area contributed by atoms with E-state index < -0.39 is 0 Å². The molecule has 0 saturated carbocycles. The van der Waals surface area contributed by atoms with E-state index in [1.807, 2.05) is 6.07 Å². The van der Waals surface area contributed by atoms with Crippen molar-refractivity contribution in [2.45, 2.75) is 13.5 Å². The molecule has 72 valence electrons. The first-order chi connectivity index (χ1) is 6.33. The molecule has 0 heterocycles. The summed E-state index contributed by atoms with van der Waals surface area (Å²) in [6.45, 7) is 4.83. The van der Waals surface area contributed by atoms with E-state index in [4.69, 9.17) is 5.73 Å². The minimum Gasteiger partial charge on any atom is -0.330 e. The van der Waals surface area contributed by atoms with Crippen LogP contribution < -0.4 is 11.1 Å². The van der Waals surface area contributed by atoms with E-state index in [0.29, 0.717) is 5.92 Å². The largest absolute Gasteiger partial charge is 0.330 e. The quantitative estimate of drug-likeness (QED) is 0.714. The fourth-order valence-corrected chi connectivity index (χ4v) is 1.14. The smallest absolute Gasteiger partial charge is 0.0205 e. The predicted molar refractivity (Wildman–Crippen MR) is 56.4 cm³/mol. The molecule has 2 nitrogen and oxygen atoms in total. The van der Waals surface area contributed by atoms with Gasteiger partial charge in [-0.05, 0) is 24.6 Å². The molecular weight excluding hydrogens is 160 g/mol. The number of nitrogens with one attached hydrogen (secondary N) is 1. The molecule has 2 heteroatoms. The molecule has 3 N–H and O–H groups in total. The van der Waals surface area contributed by atoms with Crippen LogP contribution in [0, 0.1) is 5.92 Å². The summed E-state index contributed by atoms with van der Waals surface area (Å²) in [5.74, 6) is 0.559. The van der Waals surface area contributed by atoms with Crippen molar-refractivity contribution in [2.24, 2.45) is 11.7 Å². The molecule has 0 aliphatic heterocycles. The van der Waals surface area contributed by atoms with Gasteiger partial charge in [-0.3, -0.25) is 0 Å². The fraction of sp³-hybridized carbons (Fsp3) is 0.455. The highest BCUT2D eigenvalue weighted by atomic mass is 14.9. The molecule has 0 saturated heterocycles. The van der Waals surface area contributed by atoms with E-state index in [1.165, 1.54) is 5.56 Å². The van der Waals surface area contributed by atoms with Crippen molar-refractivity contribution in [2.75, 3.05) is 13.1 Å². The van der Waals surface area contributed by atoms with Gasteiger partial charge in [-0.15, -0.1) is 0 Å². The highest BCUT2D eigenvalue weighted by Crippen LogP contribution is 1.97. The Morgan fingerprint density at radius 1 is 1.31 bits per heavy atom. The minimum atomic E-state index is 0.559. The topological polar surface area (TPSA) is 38.0 Å². The first kappa shape index (κ1) is 10.2. The van der Waals surface area contributed by atoms with Gasteiger partial charge in [-0.25, -0.2) is 0 Å². The van der Waals surface area contributed by atoms with Crippen molar-refractivity contribution in [3.8, 4) is 0 Å². The Morgan fingerprint density at radius 3 is 2.62 bits per heavy atom. The lowest BCUT2D eigenvalue weighted by molar-refractivity contribution is 0.522. The molecule has 0 amide bonds. The van der Waals surface area contributed by atoms with Crippen molar-refractivity contribution in [3.63, 3.8) is 0 Å². The van der Waals surface area contributed by atoms with Crippen LogP contribution in [-0.2, 0) is 6.54 Å². The number of nitrogens with two attached hydrogens (primary N) is 1. The van der Waals surface area contributed by atoms with Gasteiger partial charge >= 0.3 is 0 Å². The molecule has 0 fully saturated rings. The van der Waals surface area contributed by atoms with Gasteiger partial charge in [0.2, 0.25) is 0 Å². The summed E-state index contributed by atoms with van der Waals surface area (Å²) in [5, 5.41) is 3.37. The third kappa shape index (κ3) is 4.06. The fourth-order valence-electron chi connectivity index (χ4n) is 1.14. The monoisotopic (exact) mass is 178 g/mol. The van der Waals surface area contributed by atoms with E-state index in [-0.39, 0.29) is 0 Å². The molecule has 0 aliphatic carbocycles. The SMILES string of the molecule is C[C@@H](CN)CNCc1ccccc1. The highest BCUT2D eigenvalue weighted by molar-refractivity contribution is 5.14. The number of hydrogen-bond acceptors (Lipinski definition) is 2. The minimum absolute atomic E-state index is 0.559. The Hall–Kier alpha value is -0.860. The van der Waals surface area contributed by atoms with Crippen molar-refractivity contribution in [1.29, 1.82) is 0 Å². The zero-order valence-corrected chi connectivity index (χ0v) is 8.16. The third-order valence-corrected chi connectivity index (χ3v) is 2.07. The van der Waals surface area contributed by atoms with Crippen molar-refractivity contribution < 1.29 is 0 Å². The average Bonchev–Trinajstić information content (AvgIpc) is 2.19. The maximum atomic E-state index is 5.51. The molecule has 1 rings (SSSR count). The summed E-state index contributed by atoms with van der Waals surface area (Å²) in [4.78, 5) is 0. The van der Waals surface area contributed by atoms with Crippen molar-refractivity contribution >= 4 is 0 Å². The lowest BCUT2D eigenvalue weighted by atomic mass is 10.2. The zero-order chi connectivity index (χ0) is 9.52. The molecule has 0 aromatic heterocycles. The van der Waals surface area contributed by atoms with Gasteiger partial charge in [-0.1, -0.05) is 37.3 Å². The third-order valence-electron chi connectivity index (χ3n) is 2.07. The van der Waals surface area contributed by atoms with Crippen LogP contribution in [0.5, 0.6) is 0 Å². The summed E-state index contributed by atoms with van der Waals surface area (Å²) < 4.78 is 0. The van der Waals surface area contributed by atoms with Gasteiger partial charge in [0.05, 0.1) is 0 Å². The van der Waals surface area contributed by atoms with Crippen molar-refractivity contribution in [3.05, 3.63) is 35.9 Å². The van der Waals surface area contributed by atoms with Gasteiger partial charge in [0.25, 0.3) is 0 Å². The van der Waals surface area contributed by atoms with Gasteiger partial charge < -0.3 is 11.1 Å². The maximum absolute atomic E-state index is 5.51. The first-order valence-electron chi connectivity index (χ1n) is 4.77. The molecule has 1 atom stereocenters. The molecule has 1 aromatic carbocycles. The summed E-state index contributed by atoms with van der Waals surface area (Å²) in [7, 11) is 0. The Balaban J connectivity index is 2.20. The van der Waals surface area contributed by atoms with E-state index in [1.54, 1.807) is 0 Å². The molecule has 0 bridgehead atoms. The zero-order valence-electron chi connectivity index (χ0n) is 8.16. The van der Waals surface area contributed by atoms with Crippen LogP contribution in [0.4, 0.5) is 0 Å². The lowest BCUT2D eigenvalue weighted by Crippen LogP contribution is -2.25. The Kier molecular flexibility index (Phi) is 4.50. The number of rotatable bonds is 5. The second-order valence-electron chi connectivity index (χ2n) is 3.46.